The van der Waals surface area contributed by atoms with Crippen LogP contribution in [0, 0.1) is 13.8 Å². The number of aromatic nitrogens is 3. The van der Waals surface area contributed by atoms with Crippen LogP contribution in [0.15, 0.2) is 15.7 Å². The predicted octanol–water partition coefficient (Wildman–Crippen LogP) is 1.83. The minimum Gasteiger partial charge on any atom is -0.463 e. The summed E-state index contributed by atoms with van der Waals surface area (Å²) in [7, 11) is 1.63. The van der Waals surface area contributed by atoms with Gasteiger partial charge in [-0.3, -0.25) is 18.7 Å². The van der Waals surface area contributed by atoms with Gasteiger partial charge in [0.2, 0.25) is 0 Å². The number of rotatable bonds is 6. The number of fused-ring (bicyclic) bond motifs is 1. The fourth-order valence-electron chi connectivity index (χ4n) is 3.06. The van der Waals surface area contributed by atoms with Gasteiger partial charge in [-0.1, -0.05) is 0 Å². The van der Waals surface area contributed by atoms with Gasteiger partial charge in [-0.05, 0) is 51.7 Å². The Morgan fingerprint density at radius 2 is 1.96 bits per heavy atom. The number of nitrogens with zero attached hydrogens (tertiary/aromatic N) is 3. The summed E-state index contributed by atoms with van der Waals surface area (Å²) in [6.07, 6.45) is 1.95. The van der Waals surface area contributed by atoms with E-state index in [4.69, 9.17) is 4.74 Å². The first-order chi connectivity index (χ1) is 11.7. The van der Waals surface area contributed by atoms with Crippen LogP contribution in [0.1, 0.15) is 44.4 Å². The number of ether oxygens (including phenoxy) is 1. The summed E-state index contributed by atoms with van der Waals surface area (Å²) in [5.74, 6) is -0.301. The van der Waals surface area contributed by atoms with E-state index in [1.807, 2.05) is 26.8 Å². The van der Waals surface area contributed by atoms with Gasteiger partial charge in [0.25, 0.3) is 5.56 Å². The second kappa shape index (κ2) is 7.63. The molecule has 0 aliphatic carbocycles. The lowest BCUT2D eigenvalue weighted by Gasteiger charge is -2.13. The van der Waals surface area contributed by atoms with E-state index in [1.54, 1.807) is 7.05 Å². The van der Waals surface area contributed by atoms with Crippen molar-refractivity contribution < 1.29 is 9.53 Å². The van der Waals surface area contributed by atoms with E-state index in [1.165, 1.54) is 16.1 Å². The second-order valence-electron chi connectivity index (χ2n) is 6.49. The van der Waals surface area contributed by atoms with Gasteiger partial charge in [-0.2, -0.15) is 0 Å². The molecule has 7 nitrogen and oxygen atoms in total. The van der Waals surface area contributed by atoms with Crippen molar-refractivity contribution in [1.29, 1.82) is 0 Å². The minimum absolute atomic E-state index is 0.164. The summed E-state index contributed by atoms with van der Waals surface area (Å²) in [6, 6.07) is 1.85. The van der Waals surface area contributed by atoms with Crippen molar-refractivity contribution in [2.75, 3.05) is 0 Å². The molecule has 0 aliphatic rings. The first-order valence-corrected chi connectivity index (χ1v) is 8.47. The summed E-state index contributed by atoms with van der Waals surface area (Å²) in [4.78, 5) is 40.5. The summed E-state index contributed by atoms with van der Waals surface area (Å²) < 4.78 is 7.77. The van der Waals surface area contributed by atoms with Crippen molar-refractivity contribution in [1.82, 2.24) is 14.1 Å². The Morgan fingerprint density at radius 3 is 2.60 bits per heavy atom. The lowest BCUT2D eigenvalue weighted by molar-refractivity contribution is -0.145. The number of hydrogen-bond acceptors (Lipinski definition) is 5. The Balaban J connectivity index is 2.24. The first-order valence-electron chi connectivity index (χ1n) is 8.47. The lowest BCUT2D eigenvalue weighted by atomic mass is 10.1. The quantitative estimate of drug-likeness (QED) is 0.588. The molecule has 2 aromatic heterocycles. The highest BCUT2D eigenvalue weighted by atomic mass is 16.5. The van der Waals surface area contributed by atoms with Gasteiger partial charge < -0.3 is 4.74 Å². The molecule has 2 aromatic rings. The molecule has 0 N–H and O–H groups in total. The number of aryl methyl sites for hydroxylation is 3. The molecule has 7 heteroatoms. The second-order valence-corrected chi connectivity index (χ2v) is 6.49. The van der Waals surface area contributed by atoms with E-state index < -0.39 is 0 Å². The predicted molar refractivity (Wildman–Crippen MR) is 95.8 cm³/mol. The molecule has 0 saturated carbocycles. The van der Waals surface area contributed by atoms with Gasteiger partial charge in [0.1, 0.15) is 5.65 Å². The molecule has 2 heterocycles. The maximum Gasteiger partial charge on any atom is 0.332 e. The number of carbonyl (C=O) groups excluding carboxylic acids is 1. The Labute approximate surface area is 146 Å². The van der Waals surface area contributed by atoms with Crippen LogP contribution in [0.25, 0.3) is 11.0 Å². The maximum atomic E-state index is 12.7. The van der Waals surface area contributed by atoms with Crippen LogP contribution >= 0.6 is 0 Å². The summed E-state index contributed by atoms with van der Waals surface area (Å²) in [5.41, 5.74) is 1.36. The Hall–Kier alpha value is -2.44. The van der Waals surface area contributed by atoms with Crippen LogP contribution in [-0.2, 0) is 23.1 Å². The summed E-state index contributed by atoms with van der Waals surface area (Å²) in [6.45, 7) is 7.25. The fraction of sp³-hybridized carbons (Fsp3) is 0.556. The Morgan fingerprint density at radius 1 is 1.28 bits per heavy atom. The van der Waals surface area contributed by atoms with Gasteiger partial charge in [0.05, 0.1) is 11.5 Å². The van der Waals surface area contributed by atoms with Crippen molar-refractivity contribution in [3.05, 3.63) is 38.2 Å². The van der Waals surface area contributed by atoms with Crippen LogP contribution in [0.2, 0.25) is 0 Å². The molecule has 0 radical (unpaired) electrons. The zero-order valence-corrected chi connectivity index (χ0v) is 15.5. The van der Waals surface area contributed by atoms with Crippen LogP contribution in [-0.4, -0.2) is 26.2 Å². The molecule has 0 spiro atoms. The van der Waals surface area contributed by atoms with E-state index in [9.17, 15) is 14.4 Å². The molecule has 0 aliphatic heterocycles. The number of pyridine rings is 1. The maximum absolute atomic E-state index is 12.7. The zero-order chi connectivity index (χ0) is 18.7. The van der Waals surface area contributed by atoms with E-state index in [0.29, 0.717) is 30.4 Å². The molecule has 136 valence electrons. The average Bonchev–Trinajstić information content (AvgIpc) is 2.50. The van der Waals surface area contributed by atoms with Crippen molar-refractivity contribution in [2.24, 2.45) is 7.05 Å². The van der Waals surface area contributed by atoms with E-state index >= 15 is 0 Å². The molecule has 1 atom stereocenters. The van der Waals surface area contributed by atoms with E-state index in [2.05, 4.69) is 4.98 Å². The van der Waals surface area contributed by atoms with Crippen molar-refractivity contribution in [3.8, 4) is 0 Å². The zero-order valence-electron chi connectivity index (χ0n) is 15.5. The van der Waals surface area contributed by atoms with Crippen LogP contribution in [0.3, 0.4) is 0 Å². The van der Waals surface area contributed by atoms with Gasteiger partial charge >= 0.3 is 11.7 Å². The SMILES string of the molecule is CC(=O)OC(C)CCCCn1c(=O)c2c(C)cc(C)nc2n(C)c1=O. The molecule has 0 fully saturated rings. The van der Waals surface area contributed by atoms with E-state index in [0.717, 1.165) is 17.7 Å². The Bertz CT molecular complexity index is 911. The average molecular weight is 347 g/mol. The third-order valence-corrected chi connectivity index (χ3v) is 4.23. The minimum atomic E-state index is -0.358. The number of carbonyl (C=O) groups is 1. The van der Waals surface area contributed by atoms with Crippen LogP contribution in [0.4, 0.5) is 0 Å². The smallest absolute Gasteiger partial charge is 0.332 e. The van der Waals surface area contributed by atoms with E-state index in [-0.39, 0.29) is 23.3 Å². The molecule has 0 saturated heterocycles. The molecule has 0 amide bonds. The van der Waals surface area contributed by atoms with Crippen LogP contribution < -0.4 is 11.2 Å². The highest BCUT2D eigenvalue weighted by Crippen LogP contribution is 2.12. The topological polar surface area (TPSA) is 83.2 Å². The van der Waals surface area contributed by atoms with Gasteiger partial charge in [0.15, 0.2) is 0 Å². The lowest BCUT2D eigenvalue weighted by Crippen LogP contribution is -2.39. The normalized spacial score (nSPS) is 12.4. The molecular formula is C18H25N3O4. The third kappa shape index (κ3) is 4.15. The molecule has 2 rings (SSSR count). The van der Waals surface area contributed by atoms with Crippen molar-refractivity contribution >= 4 is 17.0 Å². The fourth-order valence-corrected chi connectivity index (χ4v) is 3.06. The number of unbranched alkanes of at least 4 members (excludes halogenated alkanes) is 1. The Kier molecular flexibility index (Phi) is 5.77. The first kappa shape index (κ1) is 18.9. The molecular weight excluding hydrogens is 322 g/mol. The number of hydrogen-bond donors (Lipinski definition) is 0. The van der Waals surface area contributed by atoms with Gasteiger partial charge in [-0.25, -0.2) is 9.78 Å². The van der Waals surface area contributed by atoms with Crippen molar-refractivity contribution in [2.45, 2.75) is 59.6 Å². The monoisotopic (exact) mass is 347 g/mol. The van der Waals surface area contributed by atoms with Gasteiger partial charge in [-0.15, -0.1) is 0 Å². The third-order valence-electron chi connectivity index (χ3n) is 4.23. The molecule has 0 aromatic carbocycles. The molecule has 1 unspecified atom stereocenters. The summed E-state index contributed by atoms with van der Waals surface area (Å²) >= 11 is 0. The molecule has 25 heavy (non-hydrogen) atoms. The highest BCUT2D eigenvalue weighted by molar-refractivity contribution is 5.78. The van der Waals surface area contributed by atoms with Crippen LogP contribution in [0.5, 0.6) is 0 Å². The largest absolute Gasteiger partial charge is 0.463 e. The van der Waals surface area contributed by atoms with Gasteiger partial charge in [0, 0.05) is 26.2 Å². The number of esters is 1. The molecule has 0 bridgehead atoms. The highest BCUT2D eigenvalue weighted by Gasteiger charge is 2.14. The van der Waals surface area contributed by atoms with Crippen molar-refractivity contribution in [3.63, 3.8) is 0 Å². The summed E-state index contributed by atoms with van der Waals surface area (Å²) in [5, 5.41) is 0.487. The standard InChI is InChI=1S/C18H25N3O4/c1-11-10-12(2)19-16-15(11)17(23)21(18(24)20(16)5)9-7-6-8-13(3)25-14(4)22/h10,13H,6-9H2,1-5H3.